The minimum absolute atomic E-state index is 0.816. The predicted octanol–water partition coefficient (Wildman–Crippen LogP) is 2.37. The van der Waals surface area contributed by atoms with Gasteiger partial charge in [-0.25, -0.2) is 0 Å². The molecule has 0 aromatic heterocycles. The van der Waals surface area contributed by atoms with Gasteiger partial charge in [0.15, 0.2) is 0 Å². The molecule has 0 aromatic carbocycles. The van der Waals surface area contributed by atoms with Crippen LogP contribution in [0.2, 0.25) is 0 Å². The van der Waals surface area contributed by atoms with Gasteiger partial charge in [-0.1, -0.05) is 36.8 Å². The number of hydrogen-bond acceptors (Lipinski definition) is 2. The summed E-state index contributed by atoms with van der Waals surface area (Å²) in [6.45, 7) is 5.10. The Morgan fingerprint density at radius 2 is 2.08 bits per heavy atom. The molecule has 0 aliphatic heterocycles. The Balaban J connectivity index is 3.57. The Morgan fingerprint density at radius 1 is 1.42 bits per heavy atom. The molecular weight excluding hydrogens is 186 g/mol. The van der Waals surface area contributed by atoms with E-state index in [0.29, 0.717) is 0 Å². The van der Waals surface area contributed by atoms with Gasteiger partial charge >= 0.3 is 0 Å². The highest BCUT2D eigenvalue weighted by atomic mass is 32.2. The summed E-state index contributed by atoms with van der Waals surface area (Å²) in [7, 11) is 2.00. The molecular formula is C9H15NS2. The maximum atomic E-state index is 5.15. The molecule has 0 atom stereocenters. The van der Waals surface area contributed by atoms with E-state index in [9.17, 15) is 0 Å². The first-order valence-electron chi connectivity index (χ1n) is 4.06. The maximum Gasteiger partial charge on any atom is 0.137 e. The van der Waals surface area contributed by atoms with Gasteiger partial charge in [0.25, 0.3) is 0 Å². The topological polar surface area (TPSA) is 3.24 Å². The van der Waals surface area contributed by atoms with Gasteiger partial charge in [0, 0.05) is 20.0 Å². The van der Waals surface area contributed by atoms with Crippen LogP contribution in [0, 0.1) is 11.8 Å². The van der Waals surface area contributed by atoms with Crippen molar-refractivity contribution in [2.45, 2.75) is 20.3 Å². The lowest BCUT2D eigenvalue weighted by atomic mass is 10.5. The SMILES string of the molecule is CCC#CCSC(=S)N(C)CC. The predicted molar refractivity (Wildman–Crippen MR) is 61.4 cm³/mol. The first-order valence-corrected chi connectivity index (χ1v) is 5.45. The van der Waals surface area contributed by atoms with Crippen LogP contribution in [0.3, 0.4) is 0 Å². The van der Waals surface area contributed by atoms with E-state index in [4.69, 9.17) is 12.2 Å². The second-order valence-corrected chi connectivity index (χ2v) is 3.89. The zero-order valence-corrected chi connectivity index (χ0v) is 9.52. The fourth-order valence-corrected chi connectivity index (χ4v) is 1.47. The van der Waals surface area contributed by atoms with Crippen molar-refractivity contribution in [3.8, 4) is 11.8 Å². The van der Waals surface area contributed by atoms with E-state index in [2.05, 4.69) is 18.8 Å². The summed E-state index contributed by atoms with van der Waals surface area (Å²) in [4.78, 5) is 2.05. The van der Waals surface area contributed by atoms with E-state index in [1.165, 1.54) is 0 Å². The smallest absolute Gasteiger partial charge is 0.137 e. The summed E-state index contributed by atoms with van der Waals surface area (Å²) in [5.41, 5.74) is 0. The highest BCUT2D eigenvalue weighted by Gasteiger charge is 1.99. The lowest BCUT2D eigenvalue weighted by Gasteiger charge is -2.15. The molecule has 0 spiro atoms. The summed E-state index contributed by atoms with van der Waals surface area (Å²) in [6.07, 6.45) is 0.928. The van der Waals surface area contributed by atoms with Crippen LogP contribution < -0.4 is 0 Å². The molecule has 0 heterocycles. The average molecular weight is 201 g/mol. The number of hydrogen-bond donors (Lipinski definition) is 0. The molecule has 0 aliphatic rings. The van der Waals surface area contributed by atoms with Crippen molar-refractivity contribution in [2.24, 2.45) is 0 Å². The van der Waals surface area contributed by atoms with Gasteiger partial charge in [0.2, 0.25) is 0 Å². The molecule has 3 heteroatoms. The van der Waals surface area contributed by atoms with Gasteiger partial charge < -0.3 is 4.90 Å². The third-order valence-corrected chi connectivity index (χ3v) is 2.87. The third-order valence-electron chi connectivity index (χ3n) is 1.36. The molecule has 0 aliphatic carbocycles. The second-order valence-electron chi connectivity index (χ2n) is 2.28. The summed E-state index contributed by atoms with van der Waals surface area (Å²) >= 11 is 6.78. The molecule has 68 valence electrons. The van der Waals surface area contributed by atoms with E-state index in [1.807, 2.05) is 18.9 Å². The fraction of sp³-hybridized carbons (Fsp3) is 0.667. The largest absolute Gasteiger partial charge is 0.361 e. The van der Waals surface area contributed by atoms with Crippen molar-refractivity contribution in [2.75, 3.05) is 19.3 Å². The molecule has 0 amide bonds. The monoisotopic (exact) mass is 201 g/mol. The maximum absolute atomic E-state index is 5.15. The third kappa shape index (κ3) is 5.45. The van der Waals surface area contributed by atoms with Gasteiger partial charge in [0.05, 0.1) is 5.75 Å². The fourth-order valence-electron chi connectivity index (χ4n) is 0.513. The Morgan fingerprint density at radius 3 is 2.58 bits per heavy atom. The standard InChI is InChI=1S/C9H15NS2/c1-4-6-7-8-12-9(11)10(3)5-2/h4-5,8H2,1-3H3. The van der Waals surface area contributed by atoms with Crippen LogP contribution >= 0.6 is 24.0 Å². The van der Waals surface area contributed by atoms with Crippen LogP contribution in [0.4, 0.5) is 0 Å². The minimum Gasteiger partial charge on any atom is -0.361 e. The first-order chi connectivity index (χ1) is 5.72. The molecule has 12 heavy (non-hydrogen) atoms. The van der Waals surface area contributed by atoms with Crippen LogP contribution in [-0.2, 0) is 0 Å². The Hall–Kier alpha value is -0.200. The van der Waals surface area contributed by atoms with E-state index in [0.717, 1.165) is 23.0 Å². The van der Waals surface area contributed by atoms with Crippen molar-refractivity contribution in [3.63, 3.8) is 0 Å². The van der Waals surface area contributed by atoms with E-state index < -0.39 is 0 Å². The quantitative estimate of drug-likeness (QED) is 0.499. The lowest BCUT2D eigenvalue weighted by molar-refractivity contribution is 0.555. The van der Waals surface area contributed by atoms with Gasteiger partial charge in [-0.3, -0.25) is 0 Å². The van der Waals surface area contributed by atoms with Crippen molar-refractivity contribution >= 4 is 28.3 Å². The highest BCUT2D eigenvalue weighted by molar-refractivity contribution is 8.23. The number of rotatable bonds is 2. The number of thioether (sulfide) groups is 1. The molecule has 0 rings (SSSR count). The highest BCUT2D eigenvalue weighted by Crippen LogP contribution is 2.06. The van der Waals surface area contributed by atoms with Crippen LogP contribution in [-0.4, -0.2) is 28.6 Å². The van der Waals surface area contributed by atoms with Crippen molar-refractivity contribution in [3.05, 3.63) is 0 Å². The molecule has 0 bridgehead atoms. The van der Waals surface area contributed by atoms with Crippen LogP contribution in [0.5, 0.6) is 0 Å². The first kappa shape index (κ1) is 11.8. The Kier molecular flexibility index (Phi) is 7.33. The van der Waals surface area contributed by atoms with E-state index in [1.54, 1.807) is 11.8 Å². The van der Waals surface area contributed by atoms with E-state index >= 15 is 0 Å². The summed E-state index contributed by atoms with van der Waals surface area (Å²) in [6, 6.07) is 0. The van der Waals surface area contributed by atoms with Crippen LogP contribution in [0.15, 0.2) is 0 Å². The number of nitrogens with zero attached hydrogens (tertiary/aromatic N) is 1. The zero-order valence-electron chi connectivity index (χ0n) is 7.89. The summed E-state index contributed by atoms with van der Waals surface area (Å²) in [5, 5.41) is 0. The Labute approximate surface area is 84.9 Å². The van der Waals surface area contributed by atoms with Crippen molar-refractivity contribution in [1.82, 2.24) is 4.90 Å². The van der Waals surface area contributed by atoms with Gasteiger partial charge in [-0.2, -0.15) is 0 Å². The van der Waals surface area contributed by atoms with Crippen LogP contribution in [0.25, 0.3) is 0 Å². The summed E-state index contributed by atoms with van der Waals surface area (Å²) < 4.78 is 0.933. The van der Waals surface area contributed by atoms with Crippen molar-refractivity contribution in [1.29, 1.82) is 0 Å². The van der Waals surface area contributed by atoms with Gasteiger partial charge in [-0.15, -0.1) is 5.92 Å². The normalized spacial score (nSPS) is 8.58. The van der Waals surface area contributed by atoms with Gasteiger partial charge in [-0.05, 0) is 6.92 Å². The zero-order chi connectivity index (χ0) is 9.40. The lowest BCUT2D eigenvalue weighted by Crippen LogP contribution is -2.21. The molecule has 0 aromatic rings. The molecule has 0 saturated heterocycles. The Bertz CT molecular complexity index is 190. The molecule has 0 unspecified atom stereocenters. The minimum atomic E-state index is 0.816. The summed E-state index contributed by atoms with van der Waals surface area (Å²) in [5.74, 6) is 6.87. The average Bonchev–Trinajstić information content (AvgIpc) is 2.10. The molecule has 0 radical (unpaired) electrons. The molecule has 0 fully saturated rings. The van der Waals surface area contributed by atoms with E-state index in [-0.39, 0.29) is 0 Å². The second kappa shape index (κ2) is 7.45. The molecule has 1 nitrogen and oxygen atoms in total. The van der Waals surface area contributed by atoms with Crippen molar-refractivity contribution < 1.29 is 0 Å². The molecule has 0 saturated carbocycles. The molecule has 0 N–H and O–H groups in total. The van der Waals surface area contributed by atoms with Gasteiger partial charge in [0.1, 0.15) is 4.32 Å². The van der Waals surface area contributed by atoms with Crippen LogP contribution in [0.1, 0.15) is 20.3 Å². The number of thiocarbonyl (C=S) groups is 1.